The fraction of sp³-hybridized carbons (Fsp3) is 0.444. The van der Waals surface area contributed by atoms with E-state index < -0.39 is 29.0 Å². The van der Waals surface area contributed by atoms with Crippen molar-refractivity contribution in [2.45, 2.75) is 46.3 Å². The predicted molar refractivity (Wildman–Crippen MR) is 89.8 cm³/mol. The zero-order valence-corrected chi connectivity index (χ0v) is 15.0. The van der Waals surface area contributed by atoms with E-state index in [0.29, 0.717) is 11.3 Å². The lowest BCUT2D eigenvalue weighted by atomic mass is 10.0. The molecule has 136 valence electrons. The molecule has 0 fully saturated rings. The first-order chi connectivity index (χ1) is 11.5. The van der Waals surface area contributed by atoms with E-state index in [1.807, 2.05) is 0 Å². The molecular formula is C18H22F3N3O. The predicted octanol–water partition coefficient (Wildman–Crippen LogP) is 4.46. The summed E-state index contributed by atoms with van der Waals surface area (Å²) in [6, 6.07) is 6.68. The third-order valence-electron chi connectivity index (χ3n) is 3.98. The van der Waals surface area contributed by atoms with Gasteiger partial charge in [-0.25, -0.2) is 4.98 Å². The van der Waals surface area contributed by atoms with E-state index in [2.05, 4.69) is 4.98 Å². The topological polar surface area (TPSA) is 38.1 Å². The summed E-state index contributed by atoms with van der Waals surface area (Å²) in [7, 11) is 0. The number of rotatable bonds is 3. The van der Waals surface area contributed by atoms with Crippen LogP contribution in [0.15, 0.2) is 30.6 Å². The van der Waals surface area contributed by atoms with Crippen molar-refractivity contribution in [3.05, 3.63) is 47.5 Å². The van der Waals surface area contributed by atoms with E-state index in [9.17, 15) is 18.0 Å². The summed E-state index contributed by atoms with van der Waals surface area (Å²) in [5.41, 5.74) is -1.23. The minimum absolute atomic E-state index is 0.289. The van der Waals surface area contributed by atoms with E-state index in [1.165, 1.54) is 4.90 Å². The first kappa shape index (κ1) is 19.0. The van der Waals surface area contributed by atoms with Crippen LogP contribution < -0.4 is 0 Å². The zero-order valence-electron chi connectivity index (χ0n) is 15.0. The van der Waals surface area contributed by atoms with Crippen LogP contribution in [-0.2, 0) is 6.18 Å². The molecule has 0 N–H and O–H groups in total. The maximum absolute atomic E-state index is 13.8. The smallest absolute Gasteiger partial charge is 0.333 e. The first-order valence-corrected chi connectivity index (χ1v) is 8.01. The third kappa shape index (κ3) is 3.70. The van der Waals surface area contributed by atoms with Crippen LogP contribution in [0.2, 0.25) is 0 Å². The van der Waals surface area contributed by atoms with E-state index in [0.717, 1.165) is 10.9 Å². The summed E-state index contributed by atoms with van der Waals surface area (Å²) in [6.45, 7) is 9.07. The average Bonchev–Trinajstić information content (AvgIpc) is 2.91. The number of carbonyl (C=O) groups is 1. The molecule has 0 bridgehead atoms. The number of amides is 1. The number of benzene rings is 1. The molecule has 2 aromatic rings. The number of aromatic nitrogens is 2. The maximum atomic E-state index is 13.8. The minimum atomic E-state index is -4.71. The van der Waals surface area contributed by atoms with Gasteiger partial charge in [0.2, 0.25) is 0 Å². The highest BCUT2D eigenvalue weighted by Crippen LogP contribution is 2.35. The largest absolute Gasteiger partial charge is 0.434 e. The highest BCUT2D eigenvalue weighted by molar-refractivity contribution is 5.94. The van der Waals surface area contributed by atoms with Crippen molar-refractivity contribution in [2.75, 3.05) is 6.54 Å². The van der Waals surface area contributed by atoms with Gasteiger partial charge in [-0.05, 0) is 46.2 Å². The van der Waals surface area contributed by atoms with Gasteiger partial charge in [-0.3, -0.25) is 9.36 Å². The van der Waals surface area contributed by atoms with Gasteiger partial charge in [-0.1, -0.05) is 18.2 Å². The molecule has 1 heterocycles. The number of alkyl halides is 3. The molecule has 0 spiro atoms. The number of carbonyl (C=O) groups excluding carboxylic acids is 1. The monoisotopic (exact) mass is 353 g/mol. The van der Waals surface area contributed by atoms with Crippen LogP contribution in [0.1, 0.15) is 49.4 Å². The van der Waals surface area contributed by atoms with Crippen molar-refractivity contribution in [3.8, 4) is 5.69 Å². The van der Waals surface area contributed by atoms with E-state index in [1.54, 1.807) is 58.9 Å². The van der Waals surface area contributed by atoms with Crippen molar-refractivity contribution in [1.29, 1.82) is 0 Å². The Morgan fingerprint density at radius 3 is 2.28 bits per heavy atom. The Hall–Kier alpha value is -2.31. The zero-order chi connectivity index (χ0) is 19.0. The third-order valence-corrected chi connectivity index (χ3v) is 3.98. The molecule has 0 aliphatic rings. The van der Waals surface area contributed by atoms with Gasteiger partial charge in [0.1, 0.15) is 6.33 Å². The highest BCUT2D eigenvalue weighted by atomic mass is 19.4. The molecule has 0 saturated heterocycles. The van der Waals surface area contributed by atoms with Crippen molar-refractivity contribution in [1.82, 2.24) is 14.5 Å². The molecule has 0 radical (unpaired) electrons. The first-order valence-electron chi connectivity index (χ1n) is 8.01. The molecule has 0 atom stereocenters. The number of hydrogen-bond acceptors (Lipinski definition) is 2. The van der Waals surface area contributed by atoms with Gasteiger partial charge >= 0.3 is 6.18 Å². The Bertz CT molecular complexity index is 773. The lowest BCUT2D eigenvalue weighted by Gasteiger charge is -2.34. The SMILES string of the molecule is CCN(C(=O)c1ncn(-c2ccccc2C)c1C(F)(F)F)C(C)(C)C. The van der Waals surface area contributed by atoms with Gasteiger partial charge in [-0.2, -0.15) is 13.2 Å². The summed E-state index contributed by atoms with van der Waals surface area (Å²) in [5.74, 6) is -0.727. The molecule has 4 nitrogen and oxygen atoms in total. The fourth-order valence-electron chi connectivity index (χ4n) is 2.84. The molecule has 1 aromatic heterocycles. The Morgan fingerprint density at radius 1 is 1.20 bits per heavy atom. The Balaban J connectivity index is 2.66. The van der Waals surface area contributed by atoms with Gasteiger partial charge < -0.3 is 4.90 Å². The summed E-state index contributed by atoms with van der Waals surface area (Å²) in [6.07, 6.45) is -3.64. The van der Waals surface area contributed by atoms with Gasteiger partial charge in [0.05, 0.1) is 5.69 Å². The number of aryl methyl sites for hydroxylation is 1. The summed E-state index contributed by atoms with van der Waals surface area (Å²) in [5, 5.41) is 0. The van der Waals surface area contributed by atoms with Gasteiger partial charge in [-0.15, -0.1) is 0 Å². The molecule has 0 aliphatic heterocycles. The second kappa shape index (κ2) is 6.54. The molecule has 2 rings (SSSR count). The van der Waals surface area contributed by atoms with Crippen molar-refractivity contribution >= 4 is 5.91 Å². The highest BCUT2D eigenvalue weighted by Gasteiger charge is 2.42. The van der Waals surface area contributed by atoms with Gasteiger partial charge in [0.25, 0.3) is 5.91 Å². The lowest BCUT2D eigenvalue weighted by molar-refractivity contribution is -0.142. The van der Waals surface area contributed by atoms with Crippen molar-refractivity contribution in [3.63, 3.8) is 0 Å². The maximum Gasteiger partial charge on any atom is 0.434 e. The second-order valence-corrected chi connectivity index (χ2v) is 6.82. The van der Waals surface area contributed by atoms with Crippen molar-refractivity contribution in [2.24, 2.45) is 0 Å². The van der Waals surface area contributed by atoms with Crippen molar-refractivity contribution < 1.29 is 18.0 Å². The van der Waals surface area contributed by atoms with E-state index >= 15 is 0 Å². The number of imidazole rings is 1. The van der Waals surface area contributed by atoms with Crippen LogP contribution in [0, 0.1) is 6.92 Å². The van der Waals surface area contributed by atoms with Crippen LogP contribution in [-0.4, -0.2) is 32.4 Å². The summed E-state index contributed by atoms with van der Waals surface area (Å²) >= 11 is 0. The molecule has 1 aromatic carbocycles. The Morgan fingerprint density at radius 2 is 1.80 bits per heavy atom. The molecule has 0 saturated carbocycles. The summed E-state index contributed by atoms with van der Waals surface area (Å²) in [4.78, 5) is 18.0. The van der Waals surface area contributed by atoms with Gasteiger partial charge in [0.15, 0.2) is 11.4 Å². The molecule has 0 aliphatic carbocycles. The summed E-state index contributed by atoms with van der Waals surface area (Å²) < 4.78 is 42.2. The van der Waals surface area contributed by atoms with Crippen LogP contribution in [0.4, 0.5) is 13.2 Å². The molecule has 7 heteroatoms. The lowest BCUT2D eigenvalue weighted by Crippen LogP contribution is -2.46. The molecule has 25 heavy (non-hydrogen) atoms. The molecule has 1 amide bonds. The van der Waals surface area contributed by atoms with E-state index in [-0.39, 0.29) is 6.54 Å². The Kier molecular flexibility index (Phi) is 4.97. The normalized spacial score (nSPS) is 12.3. The number of halogens is 3. The number of para-hydroxylation sites is 1. The number of nitrogens with zero attached hydrogens (tertiary/aromatic N) is 3. The van der Waals surface area contributed by atoms with Crippen LogP contribution >= 0.6 is 0 Å². The van der Waals surface area contributed by atoms with E-state index in [4.69, 9.17) is 0 Å². The van der Waals surface area contributed by atoms with Crippen LogP contribution in [0.3, 0.4) is 0 Å². The van der Waals surface area contributed by atoms with Crippen LogP contribution in [0.25, 0.3) is 5.69 Å². The Labute approximate surface area is 145 Å². The average molecular weight is 353 g/mol. The van der Waals surface area contributed by atoms with Gasteiger partial charge in [0, 0.05) is 12.1 Å². The molecule has 0 unspecified atom stereocenters. The quantitative estimate of drug-likeness (QED) is 0.817. The number of hydrogen-bond donors (Lipinski definition) is 0. The van der Waals surface area contributed by atoms with Crippen LogP contribution in [0.5, 0.6) is 0 Å². The molecular weight excluding hydrogens is 331 g/mol. The fourth-order valence-corrected chi connectivity index (χ4v) is 2.84. The minimum Gasteiger partial charge on any atom is -0.333 e. The second-order valence-electron chi connectivity index (χ2n) is 6.82. The standard InChI is InChI=1S/C18H22F3N3O/c1-6-24(17(3,4)5)16(25)14-15(18(19,20)21)23(11-22-14)13-10-8-7-9-12(13)2/h7-11H,6H2,1-5H3.